The molecule has 2 rings (SSSR count). The van der Waals surface area contributed by atoms with E-state index in [1.807, 2.05) is 14.0 Å². The molecule has 0 radical (unpaired) electrons. The first-order valence-electron chi connectivity index (χ1n) is 6.51. The van der Waals surface area contributed by atoms with E-state index in [9.17, 15) is 0 Å². The molecular formula is C14H24N2O. The van der Waals surface area contributed by atoms with Crippen LogP contribution in [0.5, 0.6) is 0 Å². The van der Waals surface area contributed by atoms with Crippen LogP contribution in [0.3, 0.4) is 0 Å². The average molecular weight is 236 g/mol. The lowest BCUT2D eigenvalue weighted by Gasteiger charge is -2.14. The molecule has 1 heterocycles. The van der Waals surface area contributed by atoms with E-state index in [1.54, 1.807) is 0 Å². The molecule has 2 unspecified atom stereocenters. The zero-order chi connectivity index (χ0) is 12.4. The van der Waals surface area contributed by atoms with Gasteiger partial charge < -0.3 is 9.73 Å². The first-order chi connectivity index (χ1) is 8.10. The Morgan fingerprint density at radius 3 is 2.82 bits per heavy atom. The number of nitrogens with one attached hydrogen (secondary N) is 1. The van der Waals surface area contributed by atoms with E-state index in [-0.39, 0.29) is 0 Å². The molecule has 1 saturated carbocycles. The van der Waals surface area contributed by atoms with Gasteiger partial charge >= 0.3 is 0 Å². The van der Waals surface area contributed by atoms with E-state index < -0.39 is 0 Å². The third-order valence-electron chi connectivity index (χ3n) is 3.69. The fraction of sp³-hybridized carbons (Fsp3) is 0.714. The van der Waals surface area contributed by atoms with E-state index in [0.717, 1.165) is 36.4 Å². The standard InChI is InChI=1S/C14H24N2O/c1-10-5-13(10)8-16(4)9-14-6-12(7-15-3)11(2)17-14/h6,10,13,15H,5,7-9H2,1-4H3. The molecule has 1 aliphatic carbocycles. The first-order valence-corrected chi connectivity index (χ1v) is 6.51. The van der Waals surface area contributed by atoms with Crippen LogP contribution in [0.25, 0.3) is 0 Å². The minimum Gasteiger partial charge on any atom is -0.465 e. The van der Waals surface area contributed by atoms with Crippen molar-refractivity contribution >= 4 is 0 Å². The Hall–Kier alpha value is -0.800. The van der Waals surface area contributed by atoms with Crippen molar-refractivity contribution in [2.45, 2.75) is 33.4 Å². The van der Waals surface area contributed by atoms with Crippen molar-refractivity contribution in [2.24, 2.45) is 11.8 Å². The molecule has 3 heteroatoms. The first kappa shape index (κ1) is 12.7. The fourth-order valence-electron chi connectivity index (χ4n) is 2.42. The molecule has 17 heavy (non-hydrogen) atoms. The van der Waals surface area contributed by atoms with E-state index in [1.165, 1.54) is 18.5 Å². The number of hydrogen-bond donors (Lipinski definition) is 1. The molecule has 1 aliphatic rings. The van der Waals surface area contributed by atoms with Gasteiger partial charge in [0.1, 0.15) is 11.5 Å². The third-order valence-corrected chi connectivity index (χ3v) is 3.69. The Bertz CT molecular complexity index is 372. The topological polar surface area (TPSA) is 28.4 Å². The molecule has 0 saturated heterocycles. The SMILES string of the molecule is CNCc1cc(CN(C)CC2CC2C)oc1C. The van der Waals surface area contributed by atoms with E-state index in [4.69, 9.17) is 4.42 Å². The highest BCUT2D eigenvalue weighted by Crippen LogP contribution is 2.38. The molecule has 0 aliphatic heterocycles. The summed E-state index contributed by atoms with van der Waals surface area (Å²) in [5, 5.41) is 3.17. The van der Waals surface area contributed by atoms with Crippen molar-refractivity contribution in [3.05, 3.63) is 23.2 Å². The van der Waals surface area contributed by atoms with Gasteiger partial charge in [0.15, 0.2) is 0 Å². The second kappa shape index (κ2) is 5.23. The summed E-state index contributed by atoms with van der Waals surface area (Å²) in [5.74, 6) is 3.97. The third kappa shape index (κ3) is 3.33. The van der Waals surface area contributed by atoms with Crippen LogP contribution in [0.15, 0.2) is 10.5 Å². The highest BCUT2D eigenvalue weighted by molar-refractivity contribution is 5.20. The molecule has 2 atom stereocenters. The van der Waals surface area contributed by atoms with Crippen LogP contribution in [-0.2, 0) is 13.1 Å². The Morgan fingerprint density at radius 2 is 2.24 bits per heavy atom. The summed E-state index contributed by atoms with van der Waals surface area (Å²) in [6.07, 6.45) is 1.40. The van der Waals surface area contributed by atoms with Crippen LogP contribution < -0.4 is 5.32 Å². The van der Waals surface area contributed by atoms with Crippen LogP contribution in [0.1, 0.15) is 30.4 Å². The van der Waals surface area contributed by atoms with E-state index >= 15 is 0 Å². The Labute approximate surface area is 104 Å². The second-order valence-electron chi connectivity index (χ2n) is 5.49. The van der Waals surface area contributed by atoms with Gasteiger partial charge in [0.2, 0.25) is 0 Å². The fourth-order valence-corrected chi connectivity index (χ4v) is 2.42. The smallest absolute Gasteiger partial charge is 0.118 e. The maximum Gasteiger partial charge on any atom is 0.118 e. The van der Waals surface area contributed by atoms with Crippen LogP contribution in [0, 0.1) is 18.8 Å². The van der Waals surface area contributed by atoms with E-state index in [2.05, 4.69) is 30.3 Å². The zero-order valence-electron chi connectivity index (χ0n) is 11.4. The summed E-state index contributed by atoms with van der Waals surface area (Å²) in [6, 6.07) is 2.18. The molecule has 0 bridgehead atoms. The molecule has 1 aromatic heterocycles. The highest BCUT2D eigenvalue weighted by atomic mass is 16.3. The molecule has 0 amide bonds. The largest absolute Gasteiger partial charge is 0.465 e. The minimum absolute atomic E-state index is 0.888. The monoisotopic (exact) mass is 236 g/mol. The molecule has 96 valence electrons. The van der Waals surface area contributed by atoms with Crippen molar-refractivity contribution in [1.82, 2.24) is 10.2 Å². The van der Waals surface area contributed by atoms with Crippen LogP contribution in [-0.4, -0.2) is 25.5 Å². The van der Waals surface area contributed by atoms with Gasteiger partial charge in [-0.25, -0.2) is 0 Å². The maximum atomic E-state index is 5.78. The second-order valence-corrected chi connectivity index (χ2v) is 5.49. The van der Waals surface area contributed by atoms with Gasteiger partial charge in [-0.05, 0) is 45.3 Å². The number of hydrogen-bond acceptors (Lipinski definition) is 3. The van der Waals surface area contributed by atoms with Crippen LogP contribution >= 0.6 is 0 Å². The summed E-state index contributed by atoms with van der Waals surface area (Å²) < 4.78 is 5.78. The lowest BCUT2D eigenvalue weighted by Crippen LogP contribution is -2.20. The van der Waals surface area contributed by atoms with Gasteiger partial charge in [0, 0.05) is 18.7 Å². The maximum absolute atomic E-state index is 5.78. The summed E-state index contributed by atoms with van der Waals surface area (Å²) in [5.41, 5.74) is 1.27. The van der Waals surface area contributed by atoms with Crippen molar-refractivity contribution in [1.29, 1.82) is 0 Å². The van der Waals surface area contributed by atoms with Crippen LogP contribution in [0.2, 0.25) is 0 Å². The van der Waals surface area contributed by atoms with Crippen molar-refractivity contribution in [3.8, 4) is 0 Å². The molecule has 1 fully saturated rings. The predicted molar refractivity (Wildman–Crippen MR) is 69.8 cm³/mol. The van der Waals surface area contributed by atoms with E-state index in [0.29, 0.717) is 0 Å². The van der Waals surface area contributed by atoms with Crippen molar-refractivity contribution in [3.63, 3.8) is 0 Å². The summed E-state index contributed by atoms with van der Waals surface area (Å²) >= 11 is 0. The Kier molecular flexibility index (Phi) is 3.89. The Balaban J connectivity index is 1.87. The van der Waals surface area contributed by atoms with Crippen molar-refractivity contribution in [2.75, 3.05) is 20.6 Å². The molecule has 0 aromatic carbocycles. The van der Waals surface area contributed by atoms with Gasteiger partial charge in [0.05, 0.1) is 6.54 Å². The quantitative estimate of drug-likeness (QED) is 0.822. The predicted octanol–water partition coefficient (Wildman–Crippen LogP) is 2.40. The minimum atomic E-state index is 0.888. The molecule has 1 N–H and O–H groups in total. The normalized spacial score (nSPS) is 23.4. The number of furan rings is 1. The lowest BCUT2D eigenvalue weighted by atomic mass is 10.2. The zero-order valence-corrected chi connectivity index (χ0v) is 11.4. The number of nitrogens with zero attached hydrogens (tertiary/aromatic N) is 1. The average Bonchev–Trinajstić information content (AvgIpc) is 2.81. The summed E-state index contributed by atoms with van der Waals surface area (Å²) in [4.78, 5) is 2.37. The van der Waals surface area contributed by atoms with Gasteiger partial charge in [-0.15, -0.1) is 0 Å². The number of rotatable bonds is 6. The summed E-state index contributed by atoms with van der Waals surface area (Å²) in [7, 11) is 4.15. The van der Waals surface area contributed by atoms with Gasteiger partial charge in [-0.2, -0.15) is 0 Å². The van der Waals surface area contributed by atoms with Crippen molar-refractivity contribution < 1.29 is 4.42 Å². The van der Waals surface area contributed by atoms with Crippen LogP contribution in [0.4, 0.5) is 0 Å². The van der Waals surface area contributed by atoms with Gasteiger partial charge in [-0.1, -0.05) is 6.92 Å². The molecular weight excluding hydrogens is 212 g/mol. The van der Waals surface area contributed by atoms with Gasteiger partial charge in [-0.3, -0.25) is 4.90 Å². The molecule has 1 aromatic rings. The Morgan fingerprint density at radius 1 is 1.53 bits per heavy atom. The molecule has 3 nitrogen and oxygen atoms in total. The number of aryl methyl sites for hydroxylation is 1. The summed E-state index contributed by atoms with van der Waals surface area (Å²) in [6.45, 7) is 7.38. The molecule has 0 spiro atoms. The highest BCUT2D eigenvalue weighted by Gasteiger charge is 2.33. The lowest BCUT2D eigenvalue weighted by molar-refractivity contribution is 0.278. The van der Waals surface area contributed by atoms with Gasteiger partial charge in [0.25, 0.3) is 0 Å².